The summed E-state index contributed by atoms with van der Waals surface area (Å²) in [6, 6.07) is 18.0. The van der Waals surface area contributed by atoms with Crippen molar-refractivity contribution >= 4 is 28.4 Å². The maximum atomic E-state index is 11.3. The van der Waals surface area contributed by atoms with Crippen molar-refractivity contribution < 1.29 is 9.66 Å². The molecule has 0 aliphatic carbocycles. The van der Waals surface area contributed by atoms with Crippen LogP contribution < -0.4 is 4.74 Å². The van der Waals surface area contributed by atoms with E-state index in [1.165, 1.54) is 10.7 Å². The van der Waals surface area contributed by atoms with Crippen LogP contribution in [-0.4, -0.2) is 35.8 Å². The molecule has 0 bridgehead atoms. The second kappa shape index (κ2) is 7.58. The van der Waals surface area contributed by atoms with Gasteiger partial charge in [0.15, 0.2) is 0 Å². The van der Waals surface area contributed by atoms with E-state index in [1.807, 2.05) is 36.4 Å². The SMILES string of the molecule is COc1ccc(-c2ccc(-c3cn(-c4ccccc4[N+](=O)[O-])nn3)c3nsnc23)cc1. The van der Waals surface area contributed by atoms with Crippen molar-refractivity contribution in [2.45, 2.75) is 0 Å². The standard InChI is InChI=1S/C21H14N6O3S/c1-30-14-8-6-13(7-9-14)15-10-11-16(21-20(15)23-31-24-21)17-12-26(25-22-17)18-4-2-3-5-19(18)27(28)29/h2-12H,1H3. The molecule has 0 saturated heterocycles. The smallest absolute Gasteiger partial charge is 0.294 e. The van der Waals surface area contributed by atoms with Crippen LogP contribution in [0.15, 0.2) is 66.9 Å². The monoisotopic (exact) mass is 430 g/mol. The zero-order chi connectivity index (χ0) is 21.4. The molecule has 152 valence electrons. The van der Waals surface area contributed by atoms with Crippen LogP contribution in [0.25, 0.3) is 39.1 Å². The molecule has 2 heterocycles. The highest BCUT2D eigenvalue weighted by molar-refractivity contribution is 7.00. The van der Waals surface area contributed by atoms with Crippen LogP contribution in [-0.2, 0) is 0 Å². The molecule has 0 spiro atoms. The van der Waals surface area contributed by atoms with E-state index >= 15 is 0 Å². The summed E-state index contributed by atoms with van der Waals surface area (Å²) < 4.78 is 15.6. The van der Waals surface area contributed by atoms with E-state index in [0.717, 1.165) is 39.7 Å². The number of nitro groups is 1. The topological polar surface area (TPSA) is 109 Å². The van der Waals surface area contributed by atoms with Gasteiger partial charge in [0.05, 0.1) is 30.0 Å². The van der Waals surface area contributed by atoms with Gasteiger partial charge in [0.25, 0.3) is 5.69 Å². The molecule has 10 heteroatoms. The Morgan fingerprint density at radius 2 is 1.68 bits per heavy atom. The van der Waals surface area contributed by atoms with Crippen LogP contribution >= 0.6 is 11.7 Å². The molecule has 0 unspecified atom stereocenters. The molecule has 2 aromatic heterocycles. The van der Waals surface area contributed by atoms with E-state index < -0.39 is 4.92 Å². The summed E-state index contributed by atoms with van der Waals surface area (Å²) in [7, 11) is 1.63. The summed E-state index contributed by atoms with van der Waals surface area (Å²) >= 11 is 1.12. The van der Waals surface area contributed by atoms with E-state index in [4.69, 9.17) is 4.74 Å². The third-order valence-corrected chi connectivity index (χ3v) is 5.44. The van der Waals surface area contributed by atoms with E-state index in [9.17, 15) is 10.1 Å². The van der Waals surface area contributed by atoms with Gasteiger partial charge in [-0.3, -0.25) is 10.1 Å². The van der Waals surface area contributed by atoms with Crippen molar-refractivity contribution in [1.29, 1.82) is 0 Å². The van der Waals surface area contributed by atoms with Crippen LogP contribution in [0.5, 0.6) is 5.75 Å². The Hall–Kier alpha value is -4.18. The maximum absolute atomic E-state index is 11.3. The van der Waals surface area contributed by atoms with Gasteiger partial charge in [-0.2, -0.15) is 8.75 Å². The van der Waals surface area contributed by atoms with Gasteiger partial charge in [0.2, 0.25) is 0 Å². The largest absolute Gasteiger partial charge is 0.497 e. The van der Waals surface area contributed by atoms with E-state index in [1.54, 1.807) is 31.5 Å². The van der Waals surface area contributed by atoms with Crippen molar-refractivity contribution in [2.75, 3.05) is 7.11 Å². The van der Waals surface area contributed by atoms with Crippen molar-refractivity contribution in [1.82, 2.24) is 23.7 Å². The maximum Gasteiger partial charge on any atom is 0.294 e. The summed E-state index contributed by atoms with van der Waals surface area (Å²) in [5, 5.41) is 19.7. The van der Waals surface area contributed by atoms with Crippen molar-refractivity contribution in [3.63, 3.8) is 0 Å². The zero-order valence-electron chi connectivity index (χ0n) is 16.2. The molecule has 5 aromatic rings. The van der Waals surface area contributed by atoms with Gasteiger partial charge in [0, 0.05) is 17.2 Å². The molecule has 3 aromatic carbocycles. The van der Waals surface area contributed by atoms with Gasteiger partial charge in [-0.1, -0.05) is 35.5 Å². The summed E-state index contributed by atoms with van der Waals surface area (Å²) in [6.07, 6.45) is 1.66. The van der Waals surface area contributed by atoms with Crippen LogP contribution in [0, 0.1) is 10.1 Å². The molecule has 0 saturated carbocycles. The van der Waals surface area contributed by atoms with Crippen LogP contribution in [0.1, 0.15) is 0 Å². The number of methoxy groups -OCH3 is 1. The highest BCUT2D eigenvalue weighted by atomic mass is 32.1. The quantitative estimate of drug-likeness (QED) is 0.298. The molecular weight excluding hydrogens is 416 g/mol. The third-order valence-electron chi connectivity index (χ3n) is 4.91. The third kappa shape index (κ3) is 3.28. The van der Waals surface area contributed by atoms with Gasteiger partial charge >= 0.3 is 0 Å². The summed E-state index contributed by atoms with van der Waals surface area (Å²) in [6.45, 7) is 0. The predicted octanol–water partition coefficient (Wildman–Crippen LogP) is 4.52. The summed E-state index contributed by atoms with van der Waals surface area (Å²) in [5.41, 5.74) is 5.00. The van der Waals surface area contributed by atoms with Gasteiger partial charge < -0.3 is 4.74 Å². The Morgan fingerprint density at radius 1 is 0.968 bits per heavy atom. The number of rotatable bonds is 5. The first kappa shape index (κ1) is 18.8. The number of hydrogen-bond donors (Lipinski definition) is 0. The minimum absolute atomic E-state index is 0.0470. The van der Waals surface area contributed by atoms with E-state index in [-0.39, 0.29) is 5.69 Å². The van der Waals surface area contributed by atoms with Gasteiger partial charge in [-0.25, -0.2) is 4.68 Å². The fraction of sp³-hybridized carbons (Fsp3) is 0.0476. The second-order valence-electron chi connectivity index (χ2n) is 6.64. The number of benzene rings is 3. The van der Waals surface area contributed by atoms with E-state index in [0.29, 0.717) is 16.9 Å². The number of ether oxygens (including phenoxy) is 1. The van der Waals surface area contributed by atoms with Gasteiger partial charge in [0.1, 0.15) is 28.2 Å². The lowest BCUT2D eigenvalue weighted by Crippen LogP contribution is -2.00. The molecule has 0 atom stereocenters. The fourth-order valence-electron chi connectivity index (χ4n) is 3.39. The average molecular weight is 430 g/mol. The van der Waals surface area contributed by atoms with Crippen molar-refractivity contribution in [3.05, 3.63) is 77.0 Å². The van der Waals surface area contributed by atoms with Crippen LogP contribution in [0.2, 0.25) is 0 Å². The lowest BCUT2D eigenvalue weighted by Gasteiger charge is -2.06. The number of nitro benzene ring substituents is 1. The molecule has 31 heavy (non-hydrogen) atoms. The van der Waals surface area contributed by atoms with Crippen LogP contribution in [0.4, 0.5) is 5.69 Å². The predicted molar refractivity (Wildman–Crippen MR) is 116 cm³/mol. The van der Waals surface area contributed by atoms with Gasteiger partial charge in [-0.15, -0.1) is 5.10 Å². The minimum atomic E-state index is -0.442. The lowest BCUT2D eigenvalue weighted by atomic mass is 10.0. The average Bonchev–Trinajstić information content (AvgIpc) is 3.49. The first-order valence-corrected chi connectivity index (χ1v) is 9.95. The summed E-state index contributed by atoms with van der Waals surface area (Å²) in [5.74, 6) is 0.777. The number of aromatic nitrogens is 5. The Labute approximate surface area is 180 Å². The molecule has 0 amide bonds. The number of fused-ring (bicyclic) bond motifs is 1. The Morgan fingerprint density at radius 3 is 2.42 bits per heavy atom. The van der Waals surface area contributed by atoms with Gasteiger partial charge in [-0.05, 0) is 29.8 Å². The van der Waals surface area contributed by atoms with Crippen molar-refractivity contribution in [3.8, 4) is 33.8 Å². The molecule has 0 fully saturated rings. The van der Waals surface area contributed by atoms with Crippen molar-refractivity contribution in [2.24, 2.45) is 0 Å². The Kier molecular flexibility index (Phi) is 4.60. The first-order chi connectivity index (χ1) is 15.2. The molecular formula is C21H14N6O3S. The number of para-hydroxylation sites is 2. The molecule has 9 nitrogen and oxygen atoms in total. The normalized spacial score (nSPS) is 11.0. The first-order valence-electron chi connectivity index (χ1n) is 9.22. The minimum Gasteiger partial charge on any atom is -0.497 e. The van der Waals surface area contributed by atoms with Crippen LogP contribution in [0.3, 0.4) is 0 Å². The zero-order valence-corrected chi connectivity index (χ0v) is 17.0. The Balaban J connectivity index is 1.59. The summed E-state index contributed by atoms with van der Waals surface area (Å²) in [4.78, 5) is 10.9. The number of hydrogen-bond acceptors (Lipinski definition) is 8. The lowest BCUT2D eigenvalue weighted by molar-refractivity contribution is -0.384. The molecule has 5 rings (SSSR count). The van der Waals surface area contributed by atoms with E-state index in [2.05, 4.69) is 19.1 Å². The highest BCUT2D eigenvalue weighted by Crippen LogP contribution is 2.34. The Bertz CT molecular complexity index is 1410. The highest BCUT2D eigenvalue weighted by Gasteiger charge is 2.19. The second-order valence-corrected chi connectivity index (χ2v) is 7.17. The molecule has 0 aliphatic heterocycles. The molecule has 0 N–H and O–H groups in total. The fourth-order valence-corrected chi connectivity index (χ4v) is 3.97. The molecule has 0 radical (unpaired) electrons. The molecule has 0 aliphatic rings. The number of nitrogens with zero attached hydrogens (tertiary/aromatic N) is 6.